The highest BCUT2D eigenvalue weighted by Crippen LogP contribution is 2.29. The third-order valence-corrected chi connectivity index (χ3v) is 5.11. The summed E-state index contributed by atoms with van der Waals surface area (Å²) in [5.41, 5.74) is 2.53. The maximum Gasteiger partial charge on any atom is 0.266 e. The van der Waals surface area contributed by atoms with Gasteiger partial charge < -0.3 is 4.90 Å². The summed E-state index contributed by atoms with van der Waals surface area (Å²) in [6.45, 7) is 3.83. The number of nitrogens with zero attached hydrogens (tertiary/aromatic N) is 4. The molecule has 0 aliphatic heterocycles. The number of aromatic nitrogens is 3. The van der Waals surface area contributed by atoms with Gasteiger partial charge in [0.25, 0.3) is 5.91 Å². The SMILES string of the molecule is Cc1nc(-c2cccnc2)sc1C(=O)N(C)[C@H](C)c1ccccn1. The van der Waals surface area contributed by atoms with Crippen molar-refractivity contribution in [2.75, 3.05) is 7.05 Å². The molecule has 3 aromatic heterocycles. The molecule has 0 spiro atoms. The molecule has 0 bridgehead atoms. The molecule has 3 rings (SSSR count). The van der Waals surface area contributed by atoms with Crippen LogP contribution in [0.4, 0.5) is 0 Å². The molecular formula is C18H18N4OS. The van der Waals surface area contributed by atoms with Gasteiger partial charge in [-0.25, -0.2) is 4.98 Å². The van der Waals surface area contributed by atoms with Crippen LogP contribution in [0.2, 0.25) is 0 Å². The van der Waals surface area contributed by atoms with Crippen LogP contribution in [0.5, 0.6) is 0 Å². The molecule has 0 aromatic carbocycles. The Labute approximate surface area is 145 Å². The topological polar surface area (TPSA) is 59.0 Å². The van der Waals surface area contributed by atoms with Gasteiger partial charge in [0.1, 0.15) is 9.88 Å². The molecule has 3 aromatic rings. The van der Waals surface area contributed by atoms with E-state index in [9.17, 15) is 4.79 Å². The van der Waals surface area contributed by atoms with Crippen molar-refractivity contribution < 1.29 is 4.79 Å². The van der Waals surface area contributed by atoms with Crippen LogP contribution in [0.15, 0.2) is 48.9 Å². The molecule has 0 radical (unpaired) electrons. The molecule has 1 atom stereocenters. The second-order valence-electron chi connectivity index (χ2n) is 5.52. The zero-order valence-electron chi connectivity index (χ0n) is 13.8. The van der Waals surface area contributed by atoms with Crippen molar-refractivity contribution in [1.29, 1.82) is 0 Å². The minimum Gasteiger partial charge on any atom is -0.333 e. The van der Waals surface area contributed by atoms with Gasteiger partial charge in [-0.2, -0.15) is 0 Å². The Bertz CT molecular complexity index is 833. The fourth-order valence-corrected chi connectivity index (χ4v) is 3.40. The normalized spacial score (nSPS) is 12.0. The summed E-state index contributed by atoms with van der Waals surface area (Å²) in [7, 11) is 1.80. The van der Waals surface area contributed by atoms with Crippen LogP contribution < -0.4 is 0 Å². The summed E-state index contributed by atoms with van der Waals surface area (Å²) in [5.74, 6) is -0.0432. The maximum absolute atomic E-state index is 12.9. The van der Waals surface area contributed by atoms with Crippen LogP contribution in [0.3, 0.4) is 0 Å². The first-order chi connectivity index (χ1) is 11.6. The van der Waals surface area contributed by atoms with Crippen LogP contribution >= 0.6 is 11.3 Å². The minimum absolute atomic E-state index is 0.0432. The summed E-state index contributed by atoms with van der Waals surface area (Å²) >= 11 is 1.40. The number of rotatable bonds is 4. The van der Waals surface area contributed by atoms with Crippen molar-refractivity contribution in [2.24, 2.45) is 0 Å². The van der Waals surface area contributed by atoms with E-state index in [0.29, 0.717) is 4.88 Å². The van der Waals surface area contributed by atoms with E-state index < -0.39 is 0 Å². The summed E-state index contributed by atoms with van der Waals surface area (Å²) in [4.78, 5) is 28.2. The third kappa shape index (κ3) is 3.19. The average molecular weight is 338 g/mol. The van der Waals surface area contributed by atoms with E-state index in [1.807, 2.05) is 44.2 Å². The molecule has 122 valence electrons. The largest absolute Gasteiger partial charge is 0.333 e. The highest BCUT2D eigenvalue weighted by molar-refractivity contribution is 7.17. The van der Waals surface area contributed by atoms with E-state index in [2.05, 4.69) is 15.0 Å². The smallest absolute Gasteiger partial charge is 0.266 e. The Morgan fingerprint density at radius 3 is 2.71 bits per heavy atom. The molecule has 0 saturated heterocycles. The molecule has 1 amide bonds. The lowest BCUT2D eigenvalue weighted by Gasteiger charge is -2.24. The van der Waals surface area contributed by atoms with Crippen LogP contribution in [0.1, 0.15) is 34.0 Å². The fraction of sp³-hybridized carbons (Fsp3) is 0.222. The Balaban J connectivity index is 1.86. The van der Waals surface area contributed by atoms with Gasteiger partial charge in [0.05, 0.1) is 17.4 Å². The van der Waals surface area contributed by atoms with Gasteiger partial charge in [-0.1, -0.05) is 6.07 Å². The van der Waals surface area contributed by atoms with E-state index in [-0.39, 0.29) is 11.9 Å². The van der Waals surface area contributed by atoms with Gasteiger partial charge in [0, 0.05) is 31.2 Å². The van der Waals surface area contributed by atoms with Crippen LogP contribution in [-0.4, -0.2) is 32.8 Å². The van der Waals surface area contributed by atoms with Gasteiger partial charge in [-0.3, -0.25) is 14.8 Å². The summed E-state index contributed by atoms with van der Waals surface area (Å²) in [6.07, 6.45) is 5.22. The number of carbonyl (C=O) groups excluding carboxylic acids is 1. The third-order valence-electron chi connectivity index (χ3n) is 3.92. The number of pyridine rings is 2. The molecule has 24 heavy (non-hydrogen) atoms. The molecule has 3 heterocycles. The van der Waals surface area contributed by atoms with E-state index in [1.54, 1.807) is 30.5 Å². The lowest BCUT2D eigenvalue weighted by molar-refractivity contribution is 0.0743. The van der Waals surface area contributed by atoms with Crippen molar-refractivity contribution in [3.63, 3.8) is 0 Å². The highest BCUT2D eigenvalue weighted by Gasteiger charge is 2.24. The maximum atomic E-state index is 12.9. The summed E-state index contributed by atoms with van der Waals surface area (Å²) in [5, 5.41) is 0.808. The van der Waals surface area contributed by atoms with E-state index in [1.165, 1.54) is 11.3 Å². The summed E-state index contributed by atoms with van der Waals surface area (Å²) in [6, 6.07) is 9.42. The van der Waals surface area contributed by atoms with Gasteiger partial charge in [-0.05, 0) is 38.1 Å². The fourth-order valence-electron chi connectivity index (χ4n) is 2.37. The van der Waals surface area contributed by atoms with E-state index >= 15 is 0 Å². The Morgan fingerprint density at radius 2 is 2.04 bits per heavy atom. The molecule has 0 fully saturated rings. The quantitative estimate of drug-likeness (QED) is 0.727. The van der Waals surface area contributed by atoms with E-state index in [4.69, 9.17) is 0 Å². The van der Waals surface area contributed by atoms with Crippen molar-refractivity contribution in [1.82, 2.24) is 19.9 Å². The summed E-state index contributed by atoms with van der Waals surface area (Å²) < 4.78 is 0. The predicted octanol–water partition coefficient (Wildman–Crippen LogP) is 3.74. The van der Waals surface area contributed by atoms with Crippen LogP contribution in [0.25, 0.3) is 10.6 Å². The molecule has 5 nitrogen and oxygen atoms in total. The molecule has 0 N–H and O–H groups in total. The Morgan fingerprint density at radius 1 is 1.21 bits per heavy atom. The van der Waals surface area contributed by atoms with Gasteiger partial charge in [0.15, 0.2) is 0 Å². The predicted molar refractivity (Wildman–Crippen MR) is 94.8 cm³/mol. The average Bonchev–Trinajstić information content (AvgIpc) is 3.03. The first kappa shape index (κ1) is 16.3. The molecule has 6 heteroatoms. The molecule has 0 aliphatic carbocycles. The van der Waals surface area contributed by atoms with Gasteiger partial charge in [-0.15, -0.1) is 11.3 Å². The first-order valence-corrected chi connectivity index (χ1v) is 8.45. The second-order valence-corrected chi connectivity index (χ2v) is 6.52. The van der Waals surface area contributed by atoms with E-state index in [0.717, 1.165) is 22.0 Å². The Hall–Kier alpha value is -2.60. The first-order valence-electron chi connectivity index (χ1n) is 7.64. The van der Waals surface area contributed by atoms with Crippen molar-refractivity contribution in [3.8, 4) is 10.6 Å². The van der Waals surface area contributed by atoms with Gasteiger partial charge >= 0.3 is 0 Å². The monoisotopic (exact) mass is 338 g/mol. The zero-order valence-corrected chi connectivity index (χ0v) is 14.6. The standard InChI is InChI=1S/C18H18N4OS/c1-12-16(24-17(21-12)14-7-6-9-19-11-14)18(23)22(3)13(2)15-8-4-5-10-20-15/h4-11,13H,1-3H3/t13-/m1/s1. The number of carbonyl (C=O) groups is 1. The molecular weight excluding hydrogens is 320 g/mol. The highest BCUT2D eigenvalue weighted by atomic mass is 32.1. The number of amides is 1. The van der Waals surface area contributed by atoms with Gasteiger partial charge in [0.2, 0.25) is 0 Å². The van der Waals surface area contributed by atoms with Crippen molar-refractivity contribution in [3.05, 3.63) is 65.2 Å². The van der Waals surface area contributed by atoms with Crippen LogP contribution in [-0.2, 0) is 0 Å². The Kier molecular flexibility index (Phi) is 4.66. The van der Waals surface area contributed by atoms with Crippen LogP contribution in [0, 0.1) is 6.92 Å². The number of aryl methyl sites for hydroxylation is 1. The second kappa shape index (κ2) is 6.88. The lowest BCUT2D eigenvalue weighted by Crippen LogP contribution is -2.30. The lowest BCUT2D eigenvalue weighted by atomic mass is 10.2. The molecule has 0 saturated carbocycles. The number of thiazole rings is 1. The number of hydrogen-bond donors (Lipinski definition) is 0. The van der Waals surface area contributed by atoms with Crippen molar-refractivity contribution in [2.45, 2.75) is 19.9 Å². The zero-order chi connectivity index (χ0) is 17.1. The molecule has 0 unspecified atom stereocenters. The number of hydrogen-bond acceptors (Lipinski definition) is 5. The minimum atomic E-state index is -0.109. The van der Waals surface area contributed by atoms with Crippen molar-refractivity contribution >= 4 is 17.2 Å². The molecule has 0 aliphatic rings.